The van der Waals surface area contributed by atoms with Crippen LogP contribution in [0.1, 0.15) is 30.1 Å². The molecule has 10 heteroatoms. The summed E-state index contributed by atoms with van der Waals surface area (Å²) in [7, 11) is 1.49. The lowest BCUT2D eigenvalue weighted by Gasteiger charge is -2.35. The molecule has 3 heterocycles. The number of amides is 2. The Kier molecular flexibility index (Phi) is 6.13. The van der Waals surface area contributed by atoms with E-state index in [1.807, 2.05) is 11.0 Å². The first-order valence-corrected chi connectivity index (χ1v) is 10.4. The molecule has 2 aromatic heterocycles. The van der Waals surface area contributed by atoms with E-state index in [0.29, 0.717) is 43.1 Å². The van der Waals surface area contributed by atoms with Gasteiger partial charge in [-0.05, 0) is 42.7 Å². The number of benzene rings is 1. The highest BCUT2D eigenvalue weighted by molar-refractivity contribution is 5.88. The standard InChI is InChI=1S/C23H22FN5O4/c1-28(19(20(26)30)15-4-2-5-16(24)12-15)22(31)14-7-9-29(10-8-14)23-17(13-25)27-21(33-23)18-6-3-11-32-18/h2-6,11-12,14,19H,7-10H2,1H3,(H2,26,30). The molecular formula is C23H22FN5O4. The smallest absolute Gasteiger partial charge is 0.266 e. The molecule has 1 aromatic carbocycles. The summed E-state index contributed by atoms with van der Waals surface area (Å²) in [4.78, 5) is 32.6. The number of halogens is 1. The van der Waals surface area contributed by atoms with Crippen molar-refractivity contribution in [1.82, 2.24) is 9.88 Å². The molecule has 2 amide bonds. The van der Waals surface area contributed by atoms with Crippen LogP contribution in [-0.4, -0.2) is 41.8 Å². The first-order valence-electron chi connectivity index (χ1n) is 10.4. The van der Waals surface area contributed by atoms with Gasteiger partial charge in [-0.3, -0.25) is 9.59 Å². The molecule has 0 saturated carbocycles. The van der Waals surface area contributed by atoms with E-state index in [-0.39, 0.29) is 23.4 Å². The zero-order valence-electron chi connectivity index (χ0n) is 17.9. The Hall–Kier alpha value is -4.13. The van der Waals surface area contributed by atoms with Gasteiger partial charge in [0.1, 0.15) is 17.9 Å². The maximum Gasteiger partial charge on any atom is 0.266 e. The maximum absolute atomic E-state index is 13.7. The lowest BCUT2D eigenvalue weighted by Crippen LogP contribution is -2.45. The number of hydrogen-bond acceptors (Lipinski definition) is 7. The monoisotopic (exact) mass is 451 g/mol. The number of aromatic nitrogens is 1. The van der Waals surface area contributed by atoms with E-state index in [0.717, 1.165) is 0 Å². The average Bonchev–Trinajstić information content (AvgIpc) is 3.48. The Morgan fingerprint density at radius 3 is 2.67 bits per heavy atom. The first kappa shape index (κ1) is 22.1. The molecule has 1 unspecified atom stereocenters. The van der Waals surface area contributed by atoms with Gasteiger partial charge in [0.05, 0.1) is 6.26 Å². The minimum absolute atomic E-state index is 0.142. The minimum atomic E-state index is -1.07. The fourth-order valence-corrected chi connectivity index (χ4v) is 4.11. The highest BCUT2D eigenvalue weighted by atomic mass is 19.1. The molecule has 0 radical (unpaired) electrons. The van der Waals surface area contributed by atoms with Crippen LogP contribution in [0.3, 0.4) is 0 Å². The van der Waals surface area contributed by atoms with Gasteiger partial charge in [-0.1, -0.05) is 12.1 Å². The third-order valence-electron chi connectivity index (χ3n) is 5.75. The molecule has 0 spiro atoms. The van der Waals surface area contributed by atoms with E-state index in [1.54, 1.807) is 18.2 Å². The number of oxazole rings is 1. The van der Waals surface area contributed by atoms with Gasteiger partial charge in [0.15, 0.2) is 5.76 Å². The number of hydrogen-bond donors (Lipinski definition) is 1. The third kappa shape index (κ3) is 4.43. The summed E-state index contributed by atoms with van der Waals surface area (Å²) in [6, 6.07) is 9.84. The van der Waals surface area contributed by atoms with Crippen molar-refractivity contribution >= 4 is 17.7 Å². The van der Waals surface area contributed by atoms with Crippen LogP contribution in [0, 0.1) is 23.1 Å². The van der Waals surface area contributed by atoms with Gasteiger partial charge in [-0.2, -0.15) is 10.2 Å². The van der Waals surface area contributed by atoms with Crippen molar-refractivity contribution in [3.63, 3.8) is 0 Å². The molecule has 9 nitrogen and oxygen atoms in total. The number of carbonyl (C=O) groups excluding carboxylic acids is 2. The molecule has 1 fully saturated rings. The predicted octanol–water partition coefficient (Wildman–Crippen LogP) is 2.85. The van der Waals surface area contributed by atoms with Crippen molar-refractivity contribution in [1.29, 1.82) is 5.26 Å². The fraction of sp³-hybridized carbons (Fsp3) is 0.304. The molecule has 33 heavy (non-hydrogen) atoms. The van der Waals surface area contributed by atoms with Gasteiger partial charge >= 0.3 is 0 Å². The van der Waals surface area contributed by atoms with Gasteiger partial charge in [-0.15, -0.1) is 0 Å². The number of anilines is 1. The van der Waals surface area contributed by atoms with Crippen molar-refractivity contribution < 1.29 is 22.8 Å². The Balaban J connectivity index is 1.46. The maximum atomic E-state index is 13.7. The van der Waals surface area contributed by atoms with Gasteiger partial charge in [-0.25, -0.2) is 4.39 Å². The van der Waals surface area contributed by atoms with Crippen LogP contribution in [0.25, 0.3) is 11.7 Å². The first-order chi connectivity index (χ1) is 15.9. The highest BCUT2D eigenvalue weighted by Crippen LogP contribution is 2.32. The third-order valence-corrected chi connectivity index (χ3v) is 5.75. The van der Waals surface area contributed by atoms with Crippen LogP contribution in [0.4, 0.5) is 10.3 Å². The second kappa shape index (κ2) is 9.16. The van der Waals surface area contributed by atoms with Crippen LogP contribution in [0.5, 0.6) is 0 Å². The molecule has 0 bridgehead atoms. The summed E-state index contributed by atoms with van der Waals surface area (Å²) in [6.45, 7) is 0.903. The molecule has 0 aliphatic carbocycles. The Morgan fingerprint density at radius 2 is 2.06 bits per heavy atom. The van der Waals surface area contributed by atoms with Crippen molar-refractivity contribution in [3.8, 4) is 17.7 Å². The fourth-order valence-electron chi connectivity index (χ4n) is 4.11. The van der Waals surface area contributed by atoms with Crippen LogP contribution in [0.2, 0.25) is 0 Å². The van der Waals surface area contributed by atoms with E-state index in [2.05, 4.69) is 4.98 Å². The molecule has 170 valence electrons. The zero-order chi connectivity index (χ0) is 23.5. The number of piperidine rings is 1. The minimum Gasteiger partial charge on any atom is -0.459 e. The van der Waals surface area contributed by atoms with E-state index in [1.165, 1.54) is 36.4 Å². The summed E-state index contributed by atoms with van der Waals surface area (Å²) < 4.78 is 24.7. The van der Waals surface area contributed by atoms with Crippen molar-refractivity contribution in [3.05, 3.63) is 59.7 Å². The number of nitriles is 1. The van der Waals surface area contributed by atoms with E-state index in [4.69, 9.17) is 14.6 Å². The predicted molar refractivity (Wildman–Crippen MR) is 115 cm³/mol. The summed E-state index contributed by atoms with van der Waals surface area (Å²) in [5, 5.41) is 9.45. The van der Waals surface area contributed by atoms with Crippen LogP contribution < -0.4 is 10.6 Å². The molecule has 1 aliphatic heterocycles. The van der Waals surface area contributed by atoms with Crippen LogP contribution in [0.15, 0.2) is 51.5 Å². The van der Waals surface area contributed by atoms with Crippen LogP contribution in [-0.2, 0) is 9.59 Å². The number of carbonyl (C=O) groups is 2. The summed E-state index contributed by atoms with van der Waals surface area (Å²) >= 11 is 0. The van der Waals surface area contributed by atoms with E-state index >= 15 is 0 Å². The molecular weight excluding hydrogens is 429 g/mol. The number of likely N-dealkylation sites (N-methyl/N-ethyl adjacent to an activating group) is 1. The number of furan rings is 1. The lowest BCUT2D eigenvalue weighted by molar-refractivity contribution is -0.141. The Bertz CT molecular complexity index is 1190. The molecule has 3 aromatic rings. The number of rotatable bonds is 6. The second-order valence-electron chi connectivity index (χ2n) is 7.83. The number of nitrogens with zero attached hydrogens (tertiary/aromatic N) is 4. The van der Waals surface area contributed by atoms with Gasteiger partial charge in [0.2, 0.25) is 23.4 Å². The van der Waals surface area contributed by atoms with Crippen molar-refractivity contribution in [2.24, 2.45) is 11.7 Å². The van der Waals surface area contributed by atoms with Gasteiger partial charge < -0.3 is 24.4 Å². The number of primary amides is 1. The number of nitrogens with two attached hydrogens (primary N) is 1. The SMILES string of the molecule is CN(C(=O)C1CCN(c2oc(-c3ccco3)nc2C#N)CC1)C(C(N)=O)c1cccc(F)c1. The summed E-state index contributed by atoms with van der Waals surface area (Å²) in [6.07, 6.45) is 2.43. The van der Waals surface area contributed by atoms with E-state index in [9.17, 15) is 19.2 Å². The molecule has 4 rings (SSSR count). The summed E-state index contributed by atoms with van der Waals surface area (Å²) in [5.74, 6) is -0.903. The Labute approximate surface area is 189 Å². The zero-order valence-corrected chi connectivity index (χ0v) is 17.9. The van der Waals surface area contributed by atoms with Gasteiger partial charge in [0.25, 0.3) is 5.89 Å². The average molecular weight is 451 g/mol. The molecule has 1 saturated heterocycles. The topological polar surface area (TPSA) is 130 Å². The molecule has 2 N–H and O–H groups in total. The highest BCUT2D eigenvalue weighted by Gasteiger charge is 2.34. The van der Waals surface area contributed by atoms with Crippen molar-refractivity contribution in [2.75, 3.05) is 25.0 Å². The molecule has 1 atom stereocenters. The van der Waals surface area contributed by atoms with Crippen molar-refractivity contribution in [2.45, 2.75) is 18.9 Å². The second-order valence-corrected chi connectivity index (χ2v) is 7.83. The lowest BCUT2D eigenvalue weighted by atomic mass is 9.94. The van der Waals surface area contributed by atoms with Gasteiger partial charge in [0, 0.05) is 26.1 Å². The quantitative estimate of drug-likeness (QED) is 0.610. The Morgan fingerprint density at radius 1 is 1.30 bits per heavy atom. The van der Waals surface area contributed by atoms with Crippen LogP contribution >= 0.6 is 0 Å². The largest absolute Gasteiger partial charge is 0.459 e. The van der Waals surface area contributed by atoms with E-state index < -0.39 is 17.8 Å². The normalized spacial score (nSPS) is 15.1. The molecule has 1 aliphatic rings. The summed E-state index contributed by atoms with van der Waals surface area (Å²) in [5.41, 5.74) is 6.00.